The van der Waals surface area contributed by atoms with Gasteiger partial charge in [-0.1, -0.05) is 24.3 Å². The van der Waals surface area contributed by atoms with Crippen LogP contribution in [0.4, 0.5) is 20.4 Å². The highest BCUT2D eigenvalue weighted by atomic mass is 19.2. The molecule has 0 bridgehead atoms. The Balaban J connectivity index is 1.57. The van der Waals surface area contributed by atoms with Gasteiger partial charge < -0.3 is 10.2 Å². The third kappa shape index (κ3) is 3.69. The van der Waals surface area contributed by atoms with Crippen LogP contribution in [-0.2, 0) is 13.0 Å². The van der Waals surface area contributed by atoms with Crippen LogP contribution in [0, 0.1) is 18.6 Å². The molecule has 4 rings (SSSR count). The first-order valence-electron chi connectivity index (χ1n) is 8.93. The number of hydrogen-bond donors (Lipinski definition) is 1. The Labute approximate surface area is 161 Å². The standard InChI is InChI=1S/C21H18F2N4O/c1-13-10-19(20(28)25-16-6-7-17(22)18(23)11-16)26-21(24-13)27-9-8-14-4-2-3-5-15(14)12-27/h2-7,10-11H,8-9,12H2,1H3,(H,25,28). The van der Waals surface area contributed by atoms with Crippen molar-refractivity contribution in [2.24, 2.45) is 0 Å². The molecule has 0 saturated carbocycles. The van der Waals surface area contributed by atoms with Gasteiger partial charge in [0.25, 0.3) is 5.91 Å². The number of aryl methyl sites for hydroxylation is 1. The monoisotopic (exact) mass is 380 g/mol. The summed E-state index contributed by atoms with van der Waals surface area (Å²) in [4.78, 5) is 23.5. The normalized spacial score (nSPS) is 13.2. The van der Waals surface area contributed by atoms with Gasteiger partial charge in [0.1, 0.15) is 5.69 Å². The topological polar surface area (TPSA) is 58.1 Å². The second-order valence-corrected chi connectivity index (χ2v) is 6.72. The van der Waals surface area contributed by atoms with E-state index in [1.165, 1.54) is 17.2 Å². The van der Waals surface area contributed by atoms with E-state index in [0.29, 0.717) is 18.2 Å². The molecule has 2 aromatic carbocycles. The number of benzene rings is 2. The van der Waals surface area contributed by atoms with E-state index < -0.39 is 17.5 Å². The lowest BCUT2D eigenvalue weighted by Gasteiger charge is -2.29. The fraction of sp³-hybridized carbons (Fsp3) is 0.190. The molecular weight excluding hydrogens is 362 g/mol. The number of carbonyl (C=O) groups excluding carboxylic acids is 1. The van der Waals surface area contributed by atoms with Crippen molar-refractivity contribution < 1.29 is 13.6 Å². The largest absolute Gasteiger partial charge is 0.336 e. The van der Waals surface area contributed by atoms with Crippen LogP contribution in [0.1, 0.15) is 27.3 Å². The highest BCUT2D eigenvalue weighted by Crippen LogP contribution is 2.22. The molecule has 0 fully saturated rings. The number of carbonyl (C=O) groups is 1. The van der Waals surface area contributed by atoms with Crippen molar-refractivity contribution >= 4 is 17.5 Å². The summed E-state index contributed by atoms with van der Waals surface area (Å²) >= 11 is 0. The van der Waals surface area contributed by atoms with Crippen LogP contribution in [0.15, 0.2) is 48.5 Å². The number of nitrogens with one attached hydrogen (secondary N) is 1. The summed E-state index contributed by atoms with van der Waals surface area (Å²) in [6.07, 6.45) is 0.879. The van der Waals surface area contributed by atoms with Gasteiger partial charge >= 0.3 is 0 Å². The second-order valence-electron chi connectivity index (χ2n) is 6.72. The lowest BCUT2D eigenvalue weighted by atomic mass is 10.0. The van der Waals surface area contributed by atoms with Crippen molar-refractivity contribution in [3.05, 3.63) is 82.7 Å². The van der Waals surface area contributed by atoms with Gasteiger partial charge in [0.15, 0.2) is 11.6 Å². The number of halogens is 2. The van der Waals surface area contributed by atoms with Gasteiger partial charge in [0.2, 0.25) is 5.95 Å². The molecule has 0 aliphatic carbocycles. The van der Waals surface area contributed by atoms with E-state index in [0.717, 1.165) is 25.1 Å². The van der Waals surface area contributed by atoms with Gasteiger partial charge in [-0.15, -0.1) is 0 Å². The number of aromatic nitrogens is 2. The summed E-state index contributed by atoms with van der Waals surface area (Å²) < 4.78 is 26.4. The molecule has 0 radical (unpaired) electrons. The van der Waals surface area contributed by atoms with E-state index in [4.69, 9.17) is 0 Å². The van der Waals surface area contributed by atoms with E-state index in [9.17, 15) is 13.6 Å². The molecule has 1 aliphatic heterocycles. The third-order valence-corrected chi connectivity index (χ3v) is 4.67. The van der Waals surface area contributed by atoms with Crippen LogP contribution in [0.5, 0.6) is 0 Å². The molecule has 7 heteroatoms. The van der Waals surface area contributed by atoms with Crippen LogP contribution in [0.3, 0.4) is 0 Å². The number of hydrogen-bond acceptors (Lipinski definition) is 4. The number of amides is 1. The number of anilines is 2. The SMILES string of the molecule is Cc1cc(C(=O)Nc2ccc(F)c(F)c2)nc(N2CCc3ccccc3C2)n1. The molecule has 142 valence electrons. The molecule has 0 unspecified atom stereocenters. The highest BCUT2D eigenvalue weighted by Gasteiger charge is 2.20. The predicted octanol–water partition coefficient (Wildman–Crippen LogP) is 3.88. The Morgan fingerprint density at radius 3 is 2.61 bits per heavy atom. The van der Waals surface area contributed by atoms with Gasteiger partial charge in [0.05, 0.1) is 0 Å². The molecule has 1 aliphatic rings. The Bertz CT molecular complexity index is 1050. The summed E-state index contributed by atoms with van der Waals surface area (Å²) in [6.45, 7) is 3.21. The van der Waals surface area contributed by atoms with Crippen LogP contribution >= 0.6 is 0 Å². The molecule has 2 heterocycles. The molecule has 1 amide bonds. The van der Waals surface area contributed by atoms with Crippen LogP contribution < -0.4 is 10.2 Å². The minimum absolute atomic E-state index is 0.161. The Morgan fingerprint density at radius 2 is 1.82 bits per heavy atom. The smallest absolute Gasteiger partial charge is 0.274 e. The summed E-state index contributed by atoms with van der Waals surface area (Å²) in [5.74, 6) is -2.02. The second kappa shape index (κ2) is 7.34. The average molecular weight is 380 g/mol. The predicted molar refractivity (Wildman–Crippen MR) is 102 cm³/mol. The number of nitrogens with zero attached hydrogens (tertiary/aromatic N) is 3. The maximum Gasteiger partial charge on any atom is 0.274 e. The van der Waals surface area contributed by atoms with E-state index in [1.54, 1.807) is 13.0 Å². The average Bonchev–Trinajstić information content (AvgIpc) is 2.70. The van der Waals surface area contributed by atoms with Crippen LogP contribution in [-0.4, -0.2) is 22.4 Å². The molecule has 1 N–H and O–H groups in total. The first-order chi connectivity index (χ1) is 13.5. The van der Waals surface area contributed by atoms with Gasteiger partial charge in [-0.25, -0.2) is 18.7 Å². The van der Waals surface area contributed by atoms with E-state index in [2.05, 4.69) is 27.4 Å². The summed E-state index contributed by atoms with van der Waals surface area (Å²) in [6, 6.07) is 13.0. The van der Waals surface area contributed by atoms with Crippen molar-refractivity contribution in [2.75, 3.05) is 16.8 Å². The van der Waals surface area contributed by atoms with Gasteiger partial charge in [-0.05, 0) is 42.7 Å². The molecule has 3 aromatic rings. The first-order valence-corrected chi connectivity index (χ1v) is 8.93. The zero-order chi connectivity index (χ0) is 19.7. The molecule has 0 atom stereocenters. The summed E-state index contributed by atoms with van der Waals surface area (Å²) in [7, 11) is 0. The van der Waals surface area contributed by atoms with Crippen molar-refractivity contribution in [3.63, 3.8) is 0 Å². The van der Waals surface area contributed by atoms with Gasteiger partial charge in [0, 0.05) is 30.5 Å². The number of rotatable bonds is 3. The van der Waals surface area contributed by atoms with Crippen molar-refractivity contribution in [1.29, 1.82) is 0 Å². The maximum absolute atomic E-state index is 13.4. The van der Waals surface area contributed by atoms with Crippen molar-refractivity contribution in [3.8, 4) is 0 Å². The van der Waals surface area contributed by atoms with Gasteiger partial charge in [-0.2, -0.15) is 0 Å². The zero-order valence-electron chi connectivity index (χ0n) is 15.2. The van der Waals surface area contributed by atoms with E-state index in [-0.39, 0.29) is 11.4 Å². The first kappa shape index (κ1) is 18.0. The molecule has 1 aromatic heterocycles. The molecule has 0 saturated heterocycles. The summed E-state index contributed by atoms with van der Waals surface area (Å²) in [5, 5.41) is 2.54. The lowest BCUT2D eigenvalue weighted by molar-refractivity contribution is 0.102. The maximum atomic E-state index is 13.4. The fourth-order valence-corrected chi connectivity index (χ4v) is 3.25. The fourth-order valence-electron chi connectivity index (χ4n) is 3.25. The Kier molecular flexibility index (Phi) is 4.73. The molecule has 28 heavy (non-hydrogen) atoms. The molecule has 5 nitrogen and oxygen atoms in total. The van der Waals surface area contributed by atoms with E-state index in [1.807, 2.05) is 17.0 Å². The minimum Gasteiger partial charge on any atom is -0.336 e. The molecule has 0 spiro atoms. The van der Waals surface area contributed by atoms with E-state index >= 15 is 0 Å². The molecular formula is C21H18F2N4O. The lowest BCUT2D eigenvalue weighted by Crippen LogP contribution is -2.32. The third-order valence-electron chi connectivity index (χ3n) is 4.67. The van der Waals surface area contributed by atoms with Crippen LogP contribution in [0.25, 0.3) is 0 Å². The number of fused-ring (bicyclic) bond motifs is 1. The van der Waals surface area contributed by atoms with Crippen molar-refractivity contribution in [1.82, 2.24) is 9.97 Å². The van der Waals surface area contributed by atoms with Crippen molar-refractivity contribution in [2.45, 2.75) is 19.9 Å². The minimum atomic E-state index is -1.02. The van der Waals surface area contributed by atoms with Crippen LogP contribution in [0.2, 0.25) is 0 Å². The summed E-state index contributed by atoms with van der Waals surface area (Å²) in [5.41, 5.74) is 3.51. The zero-order valence-corrected chi connectivity index (χ0v) is 15.2. The Morgan fingerprint density at radius 1 is 1.04 bits per heavy atom. The highest BCUT2D eigenvalue weighted by molar-refractivity contribution is 6.03. The van der Waals surface area contributed by atoms with Gasteiger partial charge in [-0.3, -0.25) is 4.79 Å². The quantitative estimate of drug-likeness (QED) is 0.749. The Hall–Kier alpha value is -3.35.